The summed E-state index contributed by atoms with van der Waals surface area (Å²) in [5.74, 6) is -1.09. The lowest BCUT2D eigenvalue weighted by atomic mass is 10.2. The molecule has 2 nitrogen and oxygen atoms in total. The fourth-order valence-electron chi connectivity index (χ4n) is 0.970. The Morgan fingerprint density at radius 3 is 2.38 bits per heavy atom. The first-order valence-electron chi connectivity index (χ1n) is 4.58. The van der Waals surface area contributed by atoms with Crippen LogP contribution in [0.1, 0.15) is 10.4 Å². The molecule has 0 saturated carbocycles. The largest absolute Gasteiger partial charge is 0.424 e. The van der Waals surface area contributed by atoms with Gasteiger partial charge in [0.05, 0.1) is 5.56 Å². The van der Waals surface area contributed by atoms with Crippen LogP contribution in [0.25, 0.3) is 0 Å². The zero-order chi connectivity index (χ0) is 12.0. The number of esters is 1. The van der Waals surface area contributed by atoms with Crippen molar-refractivity contribution >= 4 is 5.97 Å². The molecule has 0 fully saturated rings. The van der Waals surface area contributed by atoms with E-state index >= 15 is 0 Å². The Labute approximate surface area is 93.4 Å². The molecule has 3 heteroatoms. The molecule has 0 bridgehead atoms. The quantitative estimate of drug-likeness (QED) is 0.440. The van der Waals surface area contributed by atoms with Crippen molar-refractivity contribution in [3.8, 4) is 0 Å². The number of allylic oxidation sites excluding steroid dienone is 3. The van der Waals surface area contributed by atoms with Gasteiger partial charge in [0.2, 0.25) is 0 Å². The summed E-state index contributed by atoms with van der Waals surface area (Å²) in [4.78, 5) is 11.5. The maximum Gasteiger partial charge on any atom is 0.343 e. The van der Waals surface area contributed by atoms with Crippen LogP contribution in [0.5, 0.6) is 0 Å². The van der Waals surface area contributed by atoms with E-state index in [0.717, 1.165) is 6.08 Å². The summed E-state index contributed by atoms with van der Waals surface area (Å²) in [6.45, 7) is 6.48. The van der Waals surface area contributed by atoms with Crippen molar-refractivity contribution in [1.29, 1.82) is 0 Å². The van der Waals surface area contributed by atoms with E-state index < -0.39 is 11.8 Å². The fourth-order valence-corrected chi connectivity index (χ4v) is 0.970. The first-order valence-corrected chi connectivity index (χ1v) is 4.58. The topological polar surface area (TPSA) is 26.3 Å². The van der Waals surface area contributed by atoms with E-state index in [1.807, 2.05) is 0 Å². The summed E-state index contributed by atoms with van der Waals surface area (Å²) >= 11 is 0. The predicted octanol–water partition coefficient (Wildman–Crippen LogP) is 3.40. The summed E-state index contributed by atoms with van der Waals surface area (Å²) in [6.07, 6.45) is 2.31. The fraction of sp³-hybridized carbons (Fsp3) is 0. The van der Waals surface area contributed by atoms with E-state index in [0.29, 0.717) is 5.56 Å². The van der Waals surface area contributed by atoms with Crippen LogP contribution in [-0.2, 0) is 4.74 Å². The molecule has 0 N–H and O–H groups in total. The van der Waals surface area contributed by atoms with Crippen LogP contribution in [0.4, 0.5) is 4.39 Å². The lowest BCUT2D eigenvalue weighted by Gasteiger charge is -2.02. The highest BCUT2D eigenvalue weighted by Crippen LogP contribution is 2.06. The number of halogens is 1. The summed E-state index contributed by atoms with van der Waals surface area (Å²) in [5, 5.41) is 0. The van der Waals surface area contributed by atoms with Crippen molar-refractivity contribution in [3.63, 3.8) is 0 Å². The van der Waals surface area contributed by atoms with Crippen molar-refractivity contribution in [2.24, 2.45) is 0 Å². The highest BCUT2D eigenvalue weighted by atomic mass is 19.1. The van der Waals surface area contributed by atoms with E-state index in [4.69, 9.17) is 4.74 Å². The summed E-state index contributed by atoms with van der Waals surface area (Å²) in [5.41, 5.74) is 0.413. The third kappa shape index (κ3) is 3.92. The van der Waals surface area contributed by atoms with Gasteiger partial charge in [0.1, 0.15) is 11.6 Å². The summed E-state index contributed by atoms with van der Waals surface area (Å²) in [7, 11) is 0. The van der Waals surface area contributed by atoms with Crippen LogP contribution < -0.4 is 0 Å². The number of rotatable bonds is 4. The monoisotopic (exact) mass is 218 g/mol. The van der Waals surface area contributed by atoms with E-state index in [1.165, 1.54) is 6.08 Å². The Balaban J connectivity index is 2.59. The molecule has 1 rings (SSSR count). The van der Waals surface area contributed by atoms with Crippen molar-refractivity contribution in [2.45, 2.75) is 0 Å². The van der Waals surface area contributed by atoms with Crippen molar-refractivity contribution in [2.75, 3.05) is 0 Å². The molecule has 0 saturated heterocycles. The van der Waals surface area contributed by atoms with Gasteiger partial charge < -0.3 is 4.74 Å². The SMILES string of the molecule is C=C(F)/C=C\C(=C)OC(=O)c1ccccc1. The van der Waals surface area contributed by atoms with Crippen LogP contribution in [-0.4, -0.2) is 5.97 Å². The molecule has 0 atom stereocenters. The van der Waals surface area contributed by atoms with Gasteiger partial charge in [-0.1, -0.05) is 31.4 Å². The lowest BCUT2D eigenvalue weighted by Crippen LogP contribution is -2.02. The number of benzene rings is 1. The van der Waals surface area contributed by atoms with Gasteiger partial charge >= 0.3 is 5.97 Å². The first kappa shape index (κ1) is 11.9. The van der Waals surface area contributed by atoms with Crippen molar-refractivity contribution in [3.05, 3.63) is 72.8 Å². The van der Waals surface area contributed by atoms with Gasteiger partial charge in [-0.2, -0.15) is 0 Å². The molecule has 1 aromatic rings. The molecule has 0 unspecified atom stereocenters. The molecule has 0 aromatic heterocycles. The molecule has 0 aliphatic rings. The molecule has 16 heavy (non-hydrogen) atoms. The summed E-state index contributed by atoms with van der Waals surface area (Å²) in [6, 6.07) is 8.47. The minimum Gasteiger partial charge on any atom is -0.424 e. The molecule has 0 heterocycles. The third-order valence-electron chi connectivity index (χ3n) is 1.68. The van der Waals surface area contributed by atoms with Gasteiger partial charge in [-0.3, -0.25) is 0 Å². The number of carbonyl (C=O) groups excluding carboxylic acids is 1. The molecule has 0 radical (unpaired) electrons. The second-order valence-electron chi connectivity index (χ2n) is 3.00. The molecule has 0 spiro atoms. The number of hydrogen-bond donors (Lipinski definition) is 0. The number of hydrogen-bond acceptors (Lipinski definition) is 2. The zero-order valence-electron chi connectivity index (χ0n) is 8.65. The van der Waals surface area contributed by atoms with Crippen molar-refractivity contribution < 1.29 is 13.9 Å². The molecule has 1 aromatic carbocycles. The van der Waals surface area contributed by atoms with Crippen LogP contribution >= 0.6 is 0 Å². The van der Waals surface area contributed by atoms with Crippen LogP contribution in [0.3, 0.4) is 0 Å². The Morgan fingerprint density at radius 1 is 1.19 bits per heavy atom. The maximum absolute atomic E-state index is 12.3. The first-order chi connectivity index (χ1) is 7.59. The van der Waals surface area contributed by atoms with Gasteiger partial charge in [-0.05, 0) is 24.3 Å². The molecule has 82 valence electrons. The van der Waals surface area contributed by atoms with Crippen LogP contribution in [0.15, 0.2) is 67.2 Å². The van der Waals surface area contributed by atoms with E-state index in [2.05, 4.69) is 13.2 Å². The Hall–Kier alpha value is -2.16. The van der Waals surface area contributed by atoms with Gasteiger partial charge in [0.25, 0.3) is 0 Å². The smallest absolute Gasteiger partial charge is 0.343 e. The molecular formula is C13H11FO2. The van der Waals surface area contributed by atoms with E-state index in [9.17, 15) is 9.18 Å². The van der Waals surface area contributed by atoms with Gasteiger partial charge in [-0.25, -0.2) is 9.18 Å². The normalized spacial score (nSPS) is 10.1. The van der Waals surface area contributed by atoms with E-state index in [1.54, 1.807) is 30.3 Å². The molecule has 0 aliphatic heterocycles. The van der Waals surface area contributed by atoms with Crippen molar-refractivity contribution in [1.82, 2.24) is 0 Å². The average molecular weight is 218 g/mol. The van der Waals surface area contributed by atoms with Gasteiger partial charge in [0, 0.05) is 0 Å². The predicted molar refractivity (Wildman–Crippen MR) is 60.4 cm³/mol. The lowest BCUT2D eigenvalue weighted by molar-refractivity contribution is 0.0638. The second-order valence-corrected chi connectivity index (χ2v) is 3.00. The number of carbonyl (C=O) groups is 1. The zero-order valence-corrected chi connectivity index (χ0v) is 8.65. The van der Waals surface area contributed by atoms with Crippen LogP contribution in [0.2, 0.25) is 0 Å². The third-order valence-corrected chi connectivity index (χ3v) is 1.68. The standard InChI is InChI=1S/C13H11FO2/c1-10(14)8-9-11(2)16-13(15)12-6-4-3-5-7-12/h3-9H,1-2H2/b9-8-. The minimum absolute atomic E-state index is 0.0626. The average Bonchev–Trinajstić information content (AvgIpc) is 2.27. The number of ether oxygens (including phenoxy) is 1. The molecular weight excluding hydrogens is 207 g/mol. The highest BCUT2D eigenvalue weighted by Gasteiger charge is 2.06. The Morgan fingerprint density at radius 2 is 1.81 bits per heavy atom. The highest BCUT2D eigenvalue weighted by molar-refractivity contribution is 5.90. The molecule has 0 aliphatic carbocycles. The van der Waals surface area contributed by atoms with Gasteiger partial charge in [0.15, 0.2) is 0 Å². The maximum atomic E-state index is 12.3. The Kier molecular flexibility index (Phi) is 4.21. The van der Waals surface area contributed by atoms with Crippen LogP contribution in [0, 0.1) is 0 Å². The van der Waals surface area contributed by atoms with E-state index in [-0.39, 0.29) is 5.76 Å². The minimum atomic E-state index is -0.628. The summed E-state index contributed by atoms with van der Waals surface area (Å²) < 4.78 is 17.1. The van der Waals surface area contributed by atoms with Gasteiger partial charge in [-0.15, -0.1) is 0 Å². The second kappa shape index (κ2) is 5.66. The Bertz CT molecular complexity index is 433. The molecule has 0 amide bonds.